The number of unbranched alkanes of at least 4 members (excludes halogenated alkanes) is 10. The average Bonchev–Trinajstić information content (AvgIpc) is 3.02. The summed E-state index contributed by atoms with van der Waals surface area (Å²) in [6, 6.07) is 0. The number of hydrogen-bond donors (Lipinski definition) is 7. The van der Waals surface area contributed by atoms with Crippen LogP contribution in [0.5, 0.6) is 0 Å². The van der Waals surface area contributed by atoms with Crippen LogP contribution < -0.4 is 0 Å². The van der Waals surface area contributed by atoms with Crippen molar-refractivity contribution in [1.82, 2.24) is 0 Å². The third-order valence-electron chi connectivity index (χ3n) is 8.56. The molecule has 1 unspecified atom stereocenters. The first-order valence-electron chi connectivity index (χ1n) is 16.5. The topological polar surface area (TPSA) is 205 Å². The highest BCUT2D eigenvalue weighted by atomic mass is 16.8. The van der Waals surface area contributed by atoms with Crippen molar-refractivity contribution in [2.45, 2.75) is 171 Å². The van der Waals surface area contributed by atoms with E-state index in [4.69, 9.17) is 18.9 Å². The van der Waals surface area contributed by atoms with Gasteiger partial charge in [0.1, 0.15) is 48.8 Å². The maximum Gasteiger partial charge on any atom is 0.305 e. The fraction of sp³-hybridized carbons (Fsp3) is 0.968. The molecular formula is C31H58O13. The smallest absolute Gasteiger partial charge is 0.305 e. The minimum Gasteiger partial charge on any atom is -0.469 e. The average molecular weight is 639 g/mol. The lowest BCUT2D eigenvalue weighted by molar-refractivity contribution is -0.372. The van der Waals surface area contributed by atoms with Gasteiger partial charge in [0.25, 0.3) is 0 Å². The largest absolute Gasteiger partial charge is 0.469 e. The van der Waals surface area contributed by atoms with Crippen molar-refractivity contribution in [1.29, 1.82) is 0 Å². The van der Waals surface area contributed by atoms with Gasteiger partial charge in [-0.3, -0.25) is 4.79 Å². The Balaban J connectivity index is 1.98. The highest BCUT2D eigenvalue weighted by Gasteiger charge is 2.51. The molecule has 2 fully saturated rings. The van der Waals surface area contributed by atoms with E-state index in [2.05, 4.69) is 11.7 Å². The van der Waals surface area contributed by atoms with Gasteiger partial charge >= 0.3 is 5.97 Å². The first kappa shape index (κ1) is 39.2. The molecule has 2 saturated heterocycles. The number of esters is 1. The SMILES string of the molecule is CCCCCCC(CCCCCCCCCCC(=O)OC)O[C@H]1O[C@H](CO)[C@@H](O)[C@H](O)[C@@H]1O[C@@H]1O[C@H](CO)[C@@H](O)[C@H](O)[C@@H]1O. The van der Waals surface area contributed by atoms with E-state index in [1.807, 2.05) is 0 Å². The van der Waals surface area contributed by atoms with Gasteiger partial charge < -0.3 is 59.4 Å². The van der Waals surface area contributed by atoms with Crippen molar-refractivity contribution < 1.29 is 64.2 Å². The summed E-state index contributed by atoms with van der Waals surface area (Å²) in [5.41, 5.74) is 0. The molecule has 2 rings (SSSR count). The first-order valence-corrected chi connectivity index (χ1v) is 16.5. The van der Waals surface area contributed by atoms with Crippen molar-refractivity contribution in [2.24, 2.45) is 0 Å². The minimum atomic E-state index is -1.72. The summed E-state index contributed by atoms with van der Waals surface area (Å²) in [5, 5.41) is 71.6. The van der Waals surface area contributed by atoms with E-state index >= 15 is 0 Å². The molecule has 0 aromatic rings. The molecule has 11 atom stereocenters. The standard InChI is InChI=1S/C31H58O13/c1-3-4-5-12-15-20(16-13-10-8-6-7-9-11-14-17-23(34)40-2)41-31-29(27(38)25(36)22(19-33)43-31)44-30-28(39)26(37)24(35)21(18-32)42-30/h20-22,24-33,35-39H,3-19H2,1-2H3/t20?,21-,22-,24-,25-,26+,27+,28+,29+,30+,31+/m1/s1. The van der Waals surface area contributed by atoms with Crippen LogP contribution in [0.1, 0.15) is 103 Å². The second-order valence-electron chi connectivity index (χ2n) is 12.1. The number of aliphatic hydroxyl groups excluding tert-OH is 7. The van der Waals surface area contributed by atoms with Crippen LogP contribution in [0.15, 0.2) is 0 Å². The van der Waals surface area contributed by atoms with Crippen molar-refractivity contribution >= 4 is 5.97 Å². The Morgan fingerprint density at radius 1 is 0.659 bits per heavy atom. The summed E-state index contributed by atoms with van der Waals surface area (Å²) in [5.74, 6) is -0.167. The fourth-order valence-electron chi connectivity index (χ4n) is 5.72. The number of rotatable bonds is 22. The van der Waals surface area contributed by atoms with E-state index in [-0.39, 0.29) is 12.1 Å². The van der Waals surface area contributed by atoms with Gasteiger partial charge in [0.05, 0.1) is 26.4 Å². The van der Waals surface area contributed by atoms with E-state index in [0.29, 0.717) is 6.42 Å². The molecule has 13 nitrogen and oxygen atoms in total. The number of carbonyl (C=O) groups excluding carboxylic acids is 1. The van der Waals surface area contributed by atoms with Gasteiger partial charge in [0.2, 0.25) is 0 Å². The molecule has 2 heterocycles. The molecule has 44 heavy (non-hydrogen) atoms. The van der Waals surface area contributed by atoms with Crippen molar-refractivity contribution in [2.75, 3.05) is 20.3 Å². The van der Waals surface area contributed by atoms with Gasteiger partial charge in [-0.15, -0.1) is 0 Å². The van der Waals surface area contributed by atoms with Crippen LogP contribution in [0.3, 0.4) is 0 Å². The molecular weight excluding hydrogens is 580 g/mol. The molecule has 0 bridgehead atoms. The molecule has 0 radical (unpaired) electrons. The predicted molar refractivity (Wildman–Crippen MR) is 158 cm³/mol. The summed E-state index contributed by atoms with van der Waals surface area (Å²) >= 11 is 0. The van der Waals surface area contributed by atoms with Gasteiger partial charge in [-0.1, -0.05) is 77.6 Å². The molecule has 7 N–H and O–H groups in total. The van der Waals surface area contributed by atoms with E-state index in [0.717, 1.165) is 89.9 Å². The second kappa shape index (κ2) is 21.8. The van der Waals surface area contributed by atoms with Gasteiger partial charge in [0, 0.05) is 6.42 Å². The number of ether oxygens (including phenoxy) is 5. The maximum atomic E-state index is 11.2. The minimum absolute atomic E-state index is 0.167. The number of methoxy groups -OCH3 is 1. The van der Waals surface area contributed by atoms with Crippen LogP contribution in [-0.2, 0) is 28.5 Å². The maximum absolute atomic E-state index is 11.2. The molecule has 2 aliphatic rings. The Bertz CT molecular complexity index is 756. The van der Waals surface area contributed by atoms with Crippen LogP contribution in [0.4, 0.5) is 0 Å². The van der Waals surface area contributed by atoms with Gasteiger partial charge in [0.15, 0.2) is 12.6 Å². The summed E-state index contributed by atoms with van der Waals surface area (Å²) in [6.07, 6.45) is -0.759. The van der Waals surface area contributed by atoms with E-state index < -0.39 is 74.6 Å². The van der Waals surface area contributed by atoms with Crippen molar-refractivity contribution in [3.8, 4) is 0 Å². The lowest BCUT2D eigenvalue weighted by Crippen LogP contribution is -2.65. The molecule has 0 aromatic carbocycles. The Labute approximate surface area is 261 Å². The summed E-state index contributed by atoms with van der Waals surface area (Å²) in [6.45, 7) is 0.902. The Morgan fingerprint density at radius 3 is 1.70 bits per heavy atom. The lowest BCUT2D eigenvalue weighted by atomic mass is 9.97. The zero-order valence-corrected chi connectivity index (χ0v) is 26.5. The summed E-state index contributed by atoms with van der Waals surface area (Å²) in [7, 11) is 1.40. The van der Waals surface area contributed by atoms with E-state index in [9.17, 15) is 40.5 Å². The van der Waals surface area contributed by atoms with E-state index in [1.165, 1.54) is 7.11 Å². The summed E-state index contributed by atoms with van der Waals surface area (Å²) in [4.78, 5) is 11.2. The first-order chi connectivity index (χ1) is 21.2. The Hall–Kier alpha value is -0.970. The number of carbonyl (C=O) groups is 1. The van der Waals surface area contributed by atoms with Crippen molar-refractivity contribution in [3.05, 3.63) is 0 Å². The van der Waals surface area contributed by atoms with Crippen LogP contribution in [0.25, 0.3) is 0 Å². The predicted octanol–water partition coefficient (Wildman–Crippen LogP) is 1.04. The second-order valence-corrected chi connectivity index (χ2v) is 12.1. The van der Waals surface area contributed by atoms with E-state index in [1.54, 1.807) is 0 Å². The third-order valence-corrected chi connectivity index (χ3v) is 8.56. The Kier molecular flexibility index (Phi) is 19.4. The Morgan fingerprint density at radius 2 is 1.16 bits per heavy atom. The third kappa shape index (κ3) is 12.7. The van der Waals surface area contributed by atoms with Crippen molar-refractivity contribution in [3.63, 3.8) is 0 Å². The highest BCUT2D eigenvalue weighted by Crippen LogP contribution is 2.31. The highest BCUT2D eigenvalue weighted by molar-refractivity contribution is 5.68. The molecule has 2 aliphatic heterocycles. The fourth-order valence-corrected chi connectivity index (χ4v) is 5.72. The molecule has 0 spiro atoms. The van der Waals surface area contributed by atoms with Gasteiger partial charge in [-0.05, 0) is 19.3 Å². The van der Waals surface area contributed by atoms with Gasteiger partial charge in [-0.2, -0.15) is 0 Å². The molecule has 13 heteroatoms. The quantitative estimate of drug-likeness (QED) is 0.0655. The normalized spacial score (nSPS) is 33.3. The number of aliphatic hydroxyl groups is 7. The molecule has 0 amide bonds. The zero-order chi connectivity index (χ0) is 32.5. The lowest BCUT2D eigenvalue weighted by Gasteiger charge is -2.46. The molecule has 0 aliphatic carbocycles. The number of hydrogen-bond acceptors (Lipinski definition) is 13. The van der Waals surface area contributed by atoms with Gasteiger partial charge in [-0.25, -0.2) is 0 Å². The summed E-state index contributed by atoms with van der Waals surface area (Å²) < 4.78 is 28.1. The van der Waals surface area contributed by atoms with Crippen LogP contribution >= 0.6 is 0 Å². The monoisotopic (exact) mass is 638 g/mol. The molecule has 0 aromatic heterocycles. The van der Waals surface area contributed by atoms with Crippen LogP contribution in [0.2, 0.25) is 0 Å². The van der Waals surface area contributed by atoms with Crippen LogP contribution in [-0.4, -0.2) is 130 Å². The zero-order valence-electron chi connectivity index (χ0n) is 26.5. The molecule has 260 valence electrons. The van der Waals surface area contributed by atoms with Crippen LogP contribution in [0, 0.1) is 0 Å². The molecule has 0 saturated carbocycles.